The molecule has 2 atom stereocenters. The fourth-order valence-corrected chi connectivity index (χ4v) is 3.79. The SMILES string of the molecule is CO[C@@H]1CC(c2ncc[nH]2)N(C(=O)CN2CCc3ccccc32)C1. The van der Waals surface area contributed by atoms with Crippen LogP contribution in [0, 0.1) is 0 Å². The number of para-hydroxylation sites is 1. The molecule has 6 heteroatoms. The van der Waals surface area contributed by atoms with E-state index in [1.54, 1.807) is 19.5 Å². The lowest BCUT2D eigenvalue weighted by Gasteiger charge is -2.27. The number of nitrogens with zero attached hydrogens (tertiary/aromatic N) is 3. The number of ether oxygens (including phenoxy) is 1. The van der Waals surface area contributed by atoms with Crippen LogP contribution in [-0.2, 0) is 16.0 Å². The molecule has 1 aromatic heterocycles. The number of methoxy groups -OCH3 is 1. The van der Waals surface area contributed by atoms with Gasteiger partial charge in [-0.1, -0.05) is 18.2 Å². The number of amides is 1. The number of hydrogen-bond donors (Lipinski definition) is 1. The van der Waals surface area contributed by atoms with Crippen LogP contribution in [0.1, 0.15) is 23.9 Å². The molecule has 1 aromatic carbocycles. The zero-order chi connectivity index (χ0) is 16.5. The monoisotopic (exact) mass is 326 g/mol. The zero-order valence-electron chi connectivity index (χ0n) is 13.8. The quantitative estimate of drug-likeness (QED) is 0.930. The van der Waals surface area contributed by atoms with Gasteiger partial charge in [0.2, 0.25) is 5.91 Å². The molecule has 126 valence electrons. The van der Waals surface area contributed by atoms with Gasteiger partial charge in [0.25, 0.3) is 0 Å². The van der Waals surface area contributed by atoms with Crippen molar-refractivity contribution in [3.05, 3.63) is 48.0 Å². The van der Waals surface area contributed by atoms with Crippen LogP contribution in [-0.4, -0.2) is 53.6 Å². The van der Waals surface area contributed by atoms with Gasteiger partial charge in [0.05, 0.1) is 18.7 Å². The van der Waals surface area contributed by atoms with Crippen molar-refractivity contribution < 1.29 is 9.53 Å². The molecule has 0 saturated carbocycles. The Bertz CT molecular complexity index is 716. The van der Waals surface area contributed by atoms with Crippen LogP contribution in [0.2, 0.25) is 0 Å². The first-order valence-electron chi connectivity index (χ1n) is 8.40. The maximum Gasteiger partial charge on any atom is 0.242 e. The van der Waals surface area contributed by atoms with E-state index in [2.05, 4.69) is 33.1 Å². The first-order chi connectivity index (χ1) is 11.8. The molecule has 2 aromatic rings. The summed E-state index contributed by atoms with van der Waals surface area (Å²) >= 11 is 0. The Morgan fingerprint density at radius 2 is 2.29 bits per heavy atom. The molecule has 1 saturated heterocycles. The molecule has 2 aliphatic heterocycles. The number of anilines is 1. The van der Waals surface area contributed by atoms with Gasteiger partial charge in [-0.15, -0.1) is 0 Å². The van der Waals surface area contributed by atoms with Crippen molar-refractivity contribution in [2.24, 2.45) is 0 Å². The molecule has 0 bridgehead atoms. The molecule has 1 fully saturated rings. The highest BCUT2D eigenvalue weighted by atomic mass is 16.5. The fraction of sp³-hybridized carbons (Fsp3) is 0.444. The van der Waals surface area contributed by atoms with E-state index >= 15 is 0 Å². The normalized spacial score (nSPS) is 22.9. The van der Waals surface area contributed by atoms with Crippen LogP contribution < -0.4 is 4.90 Å². The third-order valence-corrected chi connectivity index (χ3v) is 5.06. The van der Waals surface area contributed by atoms with Crippen LogP contribution in [0.4, 0.5) is 5.69 Å². The summed E-state index contributed by atoms with van der Waals surface area (Å²) in [6.07, 6.45) is 5.39. The molecular formula is C18H22N4O2. The van der Waals surface area contributed by atoms with Gasteiger partial charge in [-0.2, -0.15) is 0 Å². The van der Waals surface area contributed by atoms with Crippen LogP contribution in [0.3, 0.4) is 0 Å². The number of benzene rings is 1. The van der Waals surface area contributed by atoms with Crippen molar-refractivity contribution in [3.63, 3.8) is 0 Å². The van der Waals surface area contributed by atoms with Gasteiger partial charge in [-0.3, -0.25) is 4.79 Å². The summed E-state index contributed by atoms with van der Waals surface area (Å²) < 4.78 is 5.50. The van der Waals surface area contributed by atoms with Crippen molar-refractivity contribution in [2.45, 2.75) is 25.0 Å². The first-order valence-corrected chi connectivity index (χ1v) is 8.40. The van der Waals surface area contributed by atoms with E-state index in [0.717, 1.165) is 25.2 Å². The summed E-state index contributed by atoms with van der Waals surface area (Å²) in [5.41, 5.74) is 2.51. The molecule has 24 heavy (non-hydrogen) atoms. The van der Waals surface area contributed by atoms with Gasteiger partial charge in [-0.25, -0.2) is 4.98 Å². The maximum absolute atomic E-state index is 13.0. The average Bonchev–Trinajstić information content (AvgIpc) is 3.34. The van der Waals surface area contributed by atoms with Gasteiger partial charge in [0.15, 0.2) is 0 Å². The van der Waals surface area contributed by atoms with Gasteiger partial charge in [-0.05, 0) is 18.1 Å². The molecule has 1 N–H and O–H groups in total. The third kappa shape index (κ3) is 2.67. The summed E-state index contributed by atoms with van der Waals surface area (Å²) in [5.74, 6) is 0.970. The van der Waals surface area contributed by atoms with Crippen molar-refractivity contribution in [3.8, 4) is 0 Å². The molecule has 1 amide bonds. The van der Waals surface area contributed by atoms with Crippen molar-refractivity contribution in [2.75, 3.05) is 31.6 Å². The molecule has 2 aliphatic rings. The van der Waals surface area contributed by atoms with Crippen LogP contribution in [0.25, 0.3) is 0 Å². The lowest BCUT2D eigenvalue weighted by molar-refractivity contribution is -0.131. The minimum Gasteiger partial charge on any atom is -0.380 e. The largest absolute Gasteiger partial charge is 0.380 e. The summed E-state index contributed by atoms with van der Waals surface area (Å²) in [6.45, 7) is 1.93. The van der Waals surface area contributed by atoms with Crippen molar-refractivity contribution >= 4 is 11.6 Å². The Morgan fingerprint density at radius 3 is 3.08 bits per heavy atom. The smallest absolute Gasteiger partial charge is 0.242 e. The average molecular weight is 326 g/mol. The molecule has 0 radical (unpaired) electrons. The molecule has 4 rings (SSSR count). The number of aromatic amines is 1. The Balaban J connectivity index is 1.51. The number of imidazole rings is 1. The second kappa shape index (κ2) is 6.28. The molecular weight excluding hydrogens is 304 g/mol. The fourth-order valence-electron chi connectivity index (χ4n) is 3.79. The first kappa shape index (κ1) is 15.2. The minimum absolute atomic E-state index is 0.0321. The van der Waals surface area contributed by atoms with Crippen LogP contribution in [0.5, 0.6) is 0 Å². The number of rotatable bonds is 4. The maximum atomic E-state index is 13.0. The highest BCUT2D eigenvalue weighted by Crippen LogP contribution is 2.33. The minimum atomic E-state index is -0.0321. The molecule has 0 spiro atoms. The summed E-state index contributed by atoms with van der Waals surface area (Å²) in [4.78, 5) is 24.5. The van der Waals surface area contributed by atoms with E-state index < -0.39 is 0 Å². The van der Waals surface area contributed by atoms with E-state index in [4.69, 9.17) is 4.74 Å². The van der Waals surface area contributed by atoms with E-state index in [1.165, 1.54) is 11.3 Å². The van der Waals surface area contributed by atoms with Crippen LogP contribution >= 0.6 is 0 Å². The number of H-pyrrole nitrogens is 1. The number of fused-ring (bicyclic) bond motifs is 1. The Hall–Kier alpha value is -2.34. The Kier molecular flexibility index (Phi) is 3.98. The third-order valence-electron chi connectivity index (χ3n) is 5.06. The van der Waals surface area contributed by atoms with Crippen LogP contribution in [0.15, 0.2) is 36.7 Å². The van der Waals surface area contributed by atoms with E-state index in [9.17, 15) is 4.79 Å². The van der Waals surface area contributed by atoms with Crippen molar-refractivity contribution in [1.29, 1.82) is 0 Å². The second-order valence-electron chi connectivity index (χ2n) is 6.43. The van der Waals surface area contributed by atoms with Gasteiger partial charge < -0.3 is 19.5 Å². The van der Waals surface area contributed by atoms with E-state index in [-0.39, 0.29) is 18.1 Å². The Labute approximate surface area is 141 Å². The number of likely N-dealkylation sites (tertiary alicyclic amines) is 1. The van der Waals surface area contributed by atoms with Gasteiger partial charge in [0, 0.05) is 44.7 Å². The van der Waals surface area contributed by atoms with Gasteiger partial charge in [0.1, 0.15) is 5.82 Å². The second-order valence-corrected chi connectivity index (χ2v) is 6.43. The van der Waals surface area contributed by atoms with Gasteiger partial charge >= 0.3 is 0 Å². The lowest BCUT2D eigenvalue weighted by atomic mass is 10.2. The number of carbonyl (C=O) groups is 1. The summed E-state index contributed by atoms with van der Waals surface area (Å²) in [6, 6.07) is 8.30. The highest BCUT2D eigenvalue weighted by molar-refractivity contribution is 5.83. The van der Waals surface area contributed by atoms with E-state index in [1.807, 2.05) is 11.0 Å². The molecule has 1 unspecified atom stereocenters. The standard InChI is InChI=1S/C18H22N4O2/c1-24-14-10-16(18-19-7-8-20-18)22(11-14)17(23)12-21-9-6-13-4-2-3-5-15(13)21/h2-5,7-8,14,16H,6,9-12H2,1H3,(H,19,20)/t14-,16?/m1/s1. The predicted molar refractivity (Wildman–Crippen MR) is 90.8 cm³/mol. The predicted octanol–water partition coefficient (Wildman–Crippen LogP) is 1.76. The number of hydrogen-bond acceptors (Lipinski definition) is 4. The molecule has 6 nitrogen and oxygen atoms in total. The number of nitrogens with one attached hydrogen (secondary N) is 1. The summed E-state index contributed by atoms with van der Waals surface area (Å²) in [7, 11) is 1.70. The topological polar surface area (TPSA) is 61.5 Å². The lowest BCUT2D eigenvalue weighted by Crippen LogP contribution is -2.40. The van der Waals surface area contributed by atoms with E-state index in [0.29, 0.717) is 13.1 Å². The highest BCUT2D eigenvalue weighted by Gasteiger charge is 2.38. The number of carbonyl (C=O) groups excluding carboxylic acids is 1. The molecule has 3 heterocycles. The Morgan fingerprint density at radius 1 is 1.42 bits per heavy atom. The summed E-state index contributed by atoms with van der Waals surface area (Å²) in [5, 5.41) is 0. The zero-order valence-corrected chi connectivity index (χ0v) is 13.8. The number of aromatic nitrogens is 2. The van der Waals surface area contributed by atoms with Crippen molar-refractivity contribution in [1.82, 2.24) is 14.9 Å². The molecule has 0 aliphatic carbocycles.